The highest BCUT2D eigenvalue weighted by Gasteiger charge is 2.37. The van der Waals surface area contributed by atoms with E-state index in [1.165, 1.54) is 69.5 Å². The highest BCUT2D eigenvalue weighted by atomic mass is 32.2. The number of unbranched alkanes of at least 4 members (excludes halogenated alkanes) is 7. The van der Waals surface area contributed by atoms with E-state index in [2.05, 4.69) is 6.92 Å². The molecule has 2 amide bonds. The van der Waals surface area contributed by atoms with E-state index in [1.54, 1.807) is 0 Å². The molecule has 0 aromatic heterocycles. The van der Waals surface area contributed by atoms with Crippen molar-refractivity contribution in [3.05, 3.63) is 33.4 Å². The largest absolute Gasteiger partial charge is 0.277 e. The van der Waals surface area contributed by atoms with Gasteiger partial charge in [0.25, 0.3) is 17.5 Å². The summed E-state index contributed by atoms with van der Waals surface area (Å²) < 4.78 is 0. The lowest BCUT2D eigenvalue weighted by molar-refractivity contribution is -0.385. The van der Waals surface area contributed by atoms with Crippen LogP contribution in [0.5, 0.6) is 0 Å². The van der Waals surface area contributed by atoms with E-state index in [9.17, 15) is 19.7 Å². The predicted octanol–water partition coefficient (Wildman–Crippen LogP) is 5.05. The van der Waals surface area contributed by atoms with Gasteiger partial charge in [0, 0.05) is 24.1 Å². The minimum Gasteiger partial charge on any atom is -0.277 e. The zero-order chi connectivity index (χ0) is 19.1. The molecule has 0 fully saturated rings. The van der Waals surface area contributed by atoms with Crippen LogP contribution in [0.3, 0.4) is 0 Å². The van der Waals surface area contributed by atoms with Crippen molar-refractivity contribution in [2.45, 2.75) is 63.2 Å². The number of nitrogens with zero attached hydrogens (tertiary/aromatic N) is 2. The molecule has 0 unspecified atom stereocenters. The van der Waals surface area contributed by atoms with E-state index in [0.29, 0.717) is 10.5 Å². The number of thioether (sulfide) groups is 1. The van der Waals surface area contributed by atoms with Crippen LogP contribution in [0.1, 0.15) is 79.0 Å². The maximum Gasteiger partial charge on any atom is 0.271 e. The van der Waals surface area contributed by atoms with Gasteiger partial charge in [0.15, 0.2) is 0 Å². The fourth-order valence-electron chi connectivity index (χ4n) is 3.07. The fourth-order valence-corrected chi connectivity index (χ4v) is 4.18. The highest BCUT2D eigenvalue weighted by molar-refractivity contribution is 7.99. The maximum absolute atomic E-state index is 12.3. The molecule has 0 saturated carbocycles. The number of non-ortho nitro benzene ring substituents is 1. The number of carbonyl (C=O) groups is 2. The van der Waals surface area contributed by atoms with Gasteiger partial charge in [-0.15, -0.1) is 11.8 Å². The Balaban J connectivity index is 1.93. The summed E-state index contributed by atoms with van der Waals surface area (Å²) in [5.41, 5.74) is 0.316. The van der Waals surface area contributed by atoms with Crippen LogP contribution in [0.25, 0.3) is 0 Å². The van der Waals surface area contributed by atoms with Gasteiger partial charge in [-0.05, 0) is 12.2 Å². The Bertz CT molecular complexity index is 690. The molecule has 1 aromatic carbocycles. The van der Waals surface area contributed by atoms with Crippen LogP contribution >= 0.6 is 11.8 Å². The number of nitro benzene ring substituents is 1. The molecule has 0 radical (unpaired) electrons. The summed E-state index contributed by atoms with van der Waals surface area (Å²) in [7, 11) is 1.41. The number of rotatable bonds is 11. The first-order chi connectivity index (χ1) is 12.5. The molecular formula is C19H26N2O4S. The van der Waals surface area contributed by atoms with Crippen molar-refractivity contribution in [1.82, 2.24) is 4.90 Å². The number of carbonyl (C=O) groups excluding carboxylic acids is 2. The van der Waals surface area contributed by atoms with E-state index in [1.807, 2.05) is 0 Å². The molecule has 142 valence electrons. The summed E-state index contributed by atoms with van der Waals surface area (Å²) in [6, 6.07) is 2.62. The van der Waals surface area contributed by atoms with Crippen molar-refractivity contribution in [1.29, 1.82) is 0 Å². The molecule has 0 spiro atoms. The lowest BCUT2D eigenvalue weighted by Gasteiger charge is -2.07. The van der Waals surface area contributed by atoms with Gasteiger partial charge in [0.05, 0.1) is 16.1 Å². The zero-order valence-electron chi connectivity index (χ0n) is 15.5. The van der Waals surface area contributed by atoms with Gasteiger partial charge in [-0.2, -0.15) is 0 Å². The second-order valence-electron chi connectivity index (χ2n) is 6.62. The number of nitro groups is 1. The molecule has 7 heteroatoms. The van der Waals surface area contributed by atoms with Gasteiger partial charge < -0.3 is 0 Å². The van der Waals surface area contributed by atoms with Crippen molar-refractivity contribution in [2.75, 3.05) is 12.8 Å². The summed E-state index contributed by atoms with van der Waals surface area (Å²) >= 11 is 1.43. The third-order valence-corrected chi connectivity index (χ3v) is 5.73. The third-order valence-electron chi connectivity index (χ3n) is 4.61. The maximum atomic E-state index is 12.3. The van der Waals surface area contributed by atoms with Crippen LogP contribution in [0, 0.1) is 10.1 Å². The Labute approximate surface area is 158 Å². The van der Waals surface area contributed by atoms with Crippen molar-refractivity contribution in [2.24, 2.45) is 0 Å². The van der Waals surface area contributed by atoms with Crippen molar-refractivity contribution < 1.29 is 14.5 Å². The lowest BCUT2D eigenvalue weighted by Crippen LogP contribution is -2.24. The molecule has 0 bridgehead atoms. The van der Waals surface area contributed by atoms with E-state index in [0.717, 1.165) is 23.5 Å². The highest BCUT2D eigenvalue weighted by Crippen LogP contribution is 2.35. The van der Waals surface area contributed by atoms with Crippen molar-refractivity contribution >= 4 is 29.3 Å². The molecule has 0 atom stereocenters. The molecule has 0 N–H and O–H groups in total. The second-order valence-corrected chi connectivity index (χ2v) is 7.75. The van der Waals surface area contributed by atoms with Crippen molar-refractivity contribution in [3.63, 3.8) is 0 Å². The monoisotopic (exact) mass is 378 g/mol. The topological polar surface area (TPSA) is 80.5 Å². The Kier molecular flexibility index (Phi) is 7.63. The number of hydrogen-bond donors (Lipinski definition) is 0. The van der Waals surface area contributed by atoms with Gasteiger partial charge in [-0.3, -0.25) is 24.6 Å². The van der Waals surface area contributed by atoms with E-state index < -0.39 is 10.8 Å². The first kappa shape index (κ1) is 20.4. The Hall–Kier alpha value is -1.89. The zero-order valence-corrected chi connectivity index (χ0v) is 16.3. The summed E-state index contributed by atoms with van der Waals surface area (Å²) in [4.78, 5) is 36.6. The van der Waals surface area contributed by atoms with E-state index in [-0.39, 0.29) is 17.2 Å². The predicted molar refractivity (Wildman–Crippen MR) is 103 cm³/mol. The fraction of sp³-hybridized carbons (Fsp3) is 0.579. The molecule has 1 aliphatic rings. The number of hydrogen-bond acceptors (Lipinski definition) is 5. The Morgan fingerprint density at radius 2 is 1.62 bits per heavy atom. The average Bonchev–Trinajstić information content (AvgIpc) is 2.84. The van der Waals surface area contributed by atoms with E-state index >= 15 is 0 Å². The Morgan fingerprint density at radius 1 is 1.00 bits per heavy atom. The normalized spacial score (nSPS) is 13.4. The molecular weight excluding hydrogens is 352 g/mol. The third kappa shape index (κ3) is 4.84. The van der Waals surface area contributed by atoms with Gasteiger partial charge in [-0.1, -0.05) is 51.9 Å². The minimum atomic E-state index is -0.517. The summed E-state index contributed by atoms with van der Waals surface area (Å²) in [5, 5.41) is 11.1. The smallest absolute Gasteiger partial charge is 0.271 e. The van der Waals surface area contributed by atoms with Crippen LogP contribution in [0.4, 0.5) is 5.69 Å². The van der Waals surface area contributed by atoms with Crippen LogP contribution < -0.4 is 0 Å². The summed E-state index contributed by atoms with van der Waals surface area (Å²) in [6.45, 7) is 2.21. The van der Waals surface area contributed by atoms with Crippen LogP contribution in [0.15, 0.2) is 17.0 Å². The second kappa shape index (κ2) is 9.71. The number of amides is 2. The summed E-state index contributed by atoms with van der Waals surface area (Å²) in [6.07, 6.45) is 9.68. The molecule has 0 saturated heterocycles. The quantitative estimate of drug-likeness (QED) is 0.177. The van der Waals surface area contributed by atoms with Gasteiger partial charge >= 0.3 is 0 Å². The first-order valence-electron chi connectivity index (χ1n) is 9.25. The molecule has 6 nitrogen and oxygen atoms in total. The standard InChI is InChI=1S/C19H26N2O4S/c1-3-4-5-6-7-8-9-10-11-26-16-13-14(21(24)25)12-15-17(16)19(23)20(2)18(15)22/h12-13H,3-11H2,1-2H3. The van der Waals surface area contributed by atoms with Crippen LogP contribution in [0.2, 0.25) is 0 Å². The molecule has 1 heterocycles. The van der Waals surface area contributed by atoms with Gasteiger partial charge in [-0.25, -0.2) is 0 Å². The molecule has 26 heavy (non-hydrogen) atoms. The lowest BCUT2D eigenvalue weighted by atomic mass is 10.1. The number of imide groups is 1. The SMILES string of the molecule is CCCCCCCCCCSc1cc([N+](=O)[O-])cc2c1C(=O)N(C)C2=O. The van der Waals surface area contributed by atoms with Crippen LogP contribution in [-0.4, -0.2) is 34.4 Å². The van der Waals surface area contributed by atoms with Crippen LogP contribution in [-0.2, 0) is 0 Å². The molecule has 1 aromatic rings. The first-order valence-corrected chi connectivity index (χ1v) is 10.2. The van der Waals surface area contributed by atoms with Gasteiger partial charge in [0.1, 0.15) is 0 Å². The summed E-state index contributed by atoms with van der Waals surface area (Å²) in [5.74, 6) is -0.0609. The average molecular weight is 378 g/mol. The number of benzene rings is 1. The molecule has 2 rings (SSSR count). The minimum absolute atomic E-state index is 0.140. The molecule has 0 aliphatic carbocycles. The Morgan fingerprint density at radius 3 is 2.23 bits per heavy atom. The molecule has 1 aliphatic heterocycles. The number of fused-ring (bicyclic) bond motifs is 1. The van der Waals surface area contributed by atoms with E-state index in [4.69, 9.17) is 0 Å². The van der Waals surface area contributed by atoms with Crippen molar-refractivity contribution in [3.8, 4) is 0 Å². The van der Waals surface area contributed by atoms with Gasteiger partial charge in [0.2, 0.25) is 0 Å².